The minimum absolute atomic E-state index is 0.545. The number of rotatable bonds is 5. The van der Waals surface area contributed by atoms with E-state index in [-0.39, 0.29) is 0 Å². The molecule has 0 saturated carbocycles. The monoisotopic (exact) mass is 273 g/mol. The molecular formula is C7H15NO6S2. The third kappa shape index (κ3) is 3.72. The van der Waals surface area contributed by atoms with Crippen LogP contribution in [0, 0.1) is 0 Å². The fraction of sp³-hybridized carbons (Fsp3) is 0.857. The fourth-order valence-corrected chi connectivity index (χ4v) is 4.40. The molecular weight excluding hydrogens is 258 g/mol. The summed E-state index contributed by atoms with van der Waals surface area (Å²) in [5.41, 5.74) is -1.69. The van der Waals surface area contributed by atoms with Crippen LogP contribution in [0.2, 0.25) is 0 Å². The fourth-order valence-electron chi connectivity index (χ4n) is 0.832. The predicted octanol–water partition coefficient (Wildman–Crippen LogP) is -0.887. The normalized spacial score (nSPS) is 14.1. The first kappa shape index (κ1) is 15.3. The van der Waals surface area contributed by atoms with E-state index in [9.17, 15) is 21.6 Å². The molecule has 7 nitrogen and oxygen atoms in total. The SMILES string of the molecule is CN(C(C)(C)C(=O)O)S(=O)(=O)CS(C)(=O)=O. The zero-order valence-electron chi connectivity index (χ0n) is 9.46. The molecule has 0 aliphatic carbocycles. The smallest absolute Gasteiger partial charge is 0.324 e. The van der Waals surface area contributed by atoms with Gasteiger partial charge < -0.3 is 5.11 Å². The van der Waals surface area contributed by atoms with Crippen LogP contribution in [0.5, 0.6) is 0 Å². The van der Waals surface area contributed by atoms with Crippen LogP contribution in [0.1, 0.15) is 13.8 Å². The number of carbonyl (C=O) groups is 1. The van der Waals surface area contributed by atoms with Crippen LogP contribution in [0.3, 0.4) is 0 Å². The largest absolute Gasteiger partial charge is 0.480 e. The minimum Gasteiger partial charge on any atom is -0.480 e. The lowest BCUT2D eigenvalue weighted by Crippen LogP contribution is -2.51. The molecule has 0 unspecified atom stereocenters. The quantitative estimate of drug-likeness (QED) is 0.696. The Morgan fingerprint density at radius 2 is 1.62 bits per heavy atom. The molecule has 0 aliphatic rings. The van der Waals surface area contributed by atoms with E-state index in [2.05, 4.69) is 0 Å². The van der Waals surface area contributed by atoms with Crippen molar-refractivity contribution in [2.45, 2.75) is 19.4 Å². The molecule has 96 valence electrons. The molecule has 0 aromatic heterocycles. The summed E-state index contributed by atoms with van der Waals surface area (Å²) in [6.45, 7) is 2.35. The van der Waals surface area contributed by atoms with E-state index in [4.69, 9.17) is 5.11 Å². The summed E-state index contributed by atoms with van der Waals surface area (Å²) in [5.74, 6) is -1.35. The van der Waals surface area contributed by atoms with Crippen LogP contribution in [0.4, 0.5) is 0 Å². The Morgan fingerprint density at radius 3 is 1.88 bits per heavy atom. The van der Waals surface area contributed by atoms with Gasteiger partial charge in [0.2, 0.25) is 10.0 Å². The number of carboxylic acid groups (broad SMARTS) is 1. The van der Waals surface area contributed by atoms with E-state index in [1.54, 1.807) is 0 Å². The molecule has 0 atom stereocenters. The van der Waals surface area contributed by atoms with Gasteiger partial charge in [0.25, 0.3) is 0 Å². The Morgan fingerprint density at radius 1 is 1.25 bits per heavy atom. The Hall–Kier alpha value is -0.670. The average molecular weight is 273 g/mol. The van der Waals surface area contributed by atoms with Gasteiger partial charge in [0.15, 0.2) is 14.9 Å². The molecule has 0 spiro atoms. The number of aliphatic carboxylic acids is 1. The molecule has 0 fully saturated rings. The van der Waals surface area contributed by atoms with Gasteiger partial charge in [-0.3, -0.25) is 4.79 Å². The lowest BCUT2D eigenvalue weighted by molar-refractivity contribution is -0.145. The van der Waals surface area contributed by atoms with Crippen molar-refractivity contribution in [3.8, 4) is 0 Å². The van der Waals surface area contributed by atoms with Crippen LogP contribution in [0.15, 0.2) is 0 Å². The highest BCUT2D eigenvalue weighted by Gasteiger charge is 2.40. The maximum atomic E-state index is 11.6. The van der Waals surface area contributed by atoms with Crippen molar-refractivity contribution < 1.29 is 26.7 Å². The van der Waals surface area contributed by atoms with Gasteiger partial charge in [0, 0.05) is 13.3 Å². The Bertz CT molecular complexity index is 475. The molecule has 0 rings (SSSR count). The molecule has 0 aromatic carbocycles. The number of sulfone groups is 1. The zero-order chi connectivity index (χ0) is 13.4. The van der Waals surface area contributed by atoms with Crippen LogP contribution >= 0.6 is 0 Å². The van der Waals surface area contributed by atoms with Gasteiger partial charge in [-0.2, -0.15) is 4.31 Å². The van der Waals surface area contributed by atoms with Gasteiger partial charge in [-0.05, 0) is 13.8 Å². The van der Waals surface area contributed by atoms with E-state index in [0.717, 1.165) is 13.3 Å². The first-order valence-electron chi connectivity index (χ1n) is 4.18. The summed E-state index contributed by atoms with van der Waals surface area (Å²) in [6.07, 6.45) is 0.770. The average Bonchev–Trinajstić information content (AvgIpc) is 1.97. The summed E-state index contributed by atoms with van der Waals surface area (Å²) >= 11 is 0. The van der Waals surface area contributed by atoms with E-state index in [1.807, 2.05) is 0 Å². The molecule has 0 saturated heterocycles. The molecule has 0 heterocycles. The number of likely N-dealkylation sites (N-methyl/N-ethyl adjacent to an activating group) is 1. The number of hydrogen-bond donors (Lipinski definition) is 1. The Labute approximate surface area is 95.0 Å². The summed E-state index contributed by atoms with van der Waals surface area (Å²) < 4.78 is 45.5. The molecule has 0 bridgehead atoms. The van der Waals surface area contributed by atoms with E-state index in [1.165, 1.54) is 13.8 Å². The summed E-state index contributed by atoms with van der Waals surface area (Å²) in [4.78, 5) is 10.8. The second-order valence-electron chi connectivity index (χ2n) is 3.99. The molecule has 0 radical (unpaired) electrons. The number of sulfonamides is 1. The molecule has 0 aliphatic heterocycles. The van der Waals surface area contributed by atoms with Crippen molar-refractivity contribution in [2.75, 3.05) is 18.4 Å². The summed E-state index contributed by atoms with van der Waals surface area (Å²) in [7, 11) is -6.86. The lowest BCUT2D eigenvalue weighted by Gasteiger charge is -2.30. The molecule has 1 N–H and O–H groups in total. The maximum Gasteiger partial charge on any atom is 0.324 e. The van der Waals surface area contributed by atoms with Crippen molar-refractivity contribution in [1.29, 1.82) is 0 Å². The molecule has 0 aromatic rings. The third-order valence-corrected chi connectivity index (χ3v) is 6.29. The summed E-state index contributed by atoms with van der Waals surface area (Å²) in [6, 6.07) is 0. The highest BCUT2D eigenvalue weighted by molar-refractivity contribution is 8.06. The van der Waals surface area contributed by atoms with Gasteiger partial charge in [0.1, 0.15) is 5.54 Å². The van der Waals surface area contributed by atoms with Crippen molar-refractivity contribution in [3.05, 3.63) is 0 Å². The first-order valence-corrected chi connectivity index (χ1v) is 7.85. The molecule has 9 heteroatoms. The van der Waals surface area contributed by atoms with Crippen LogP contribution in [-0.2, 0) is 24.7 Å². The summed E-state index contributed by atoms with van der Waals surface area (Å²) in [5, 5.41) is 7.71. The topological polar surface area (TPSA) is 109 Å². The number of nitrogens with zero attached hydrogens (tertiary/aromatic N) is 1. The Kier molecular flexibility index (Phi) is 4.12. The number of hydrogen-bond acceptors (Lipinski definition) is 5. The van der Waals surface area contributed by atoms with Gasteiger partial charge in [-0.15, -0.1) is 0 Å². The maximum absolute atomic E-state index is 11.6. The van der Waals surface area contributed by atoms with Gasteiger partial charge >= 0.3 is 5.97 Å². The van der Waals surface area contributed by atoms with Crippen molar-refractivity contribution in [3.63, 3.8) is 0 Å². The second kappa shape index (κ2) is 4.30. The van der Waals surface area contributed by atoms with Crippen molar-refractivity contribution >= 4 is 25.8 Å². The lowest BCUT2D eigenvalue weighted by atomic mass is 10.1. The predicted molar refractivity (Wildman–Crippen MR) is 58.1 cm³/mol. The minimum atomic E-state index is -4.16. The zero-order valence-corrected chi connectivity index (χ0v) is 11.1. The van der Waals surface area contributed by atoms with Gasteiger partial charge in [-0.25, -0.2) is 16.8 Å². The molecule has 16 heavy (non-hydrogen) atoms. The molecule has 0 amide bonds. The Balaban J connectivity index is 5.30. The van der Waals surface area contributed by atoms with Crippen LogP contribution in [0.25, 0.3) is 0 Å². The van der Waals surface area contributed by atoms with Gasteiger partial charge in [-0.1, -0.05) is 0 Å². The van der Waals surface area contributed by atoms with Crippen molar-refractivity contribution in [2.24, 2.45) is 0 Å². The van der Waals surface area contributed by atoms with E-state index in [0.29, 0.717) is 4.31 Å². The highest BCUT2D eigenvalue weighted by Crippen LogP contribution is 2.17. The van der Waals surface area contributed by atoms with Crippen LogP contribution in [-0.4, -0.2) is 56.1 Å². The first-order chi connectivity index (χ1) is 6.81. The van der Waals surface area contributed by atoms with Crippen LogP contribution < -0.4 is 0 Å². The van der Waals surface area contributed by atoms with Crippen molar-refractivity contribution in [1.82, 2.24) is 4.31 Å². The standard InChI is InChI=1S/C7H15NO6S2/c1-7(2,6(9)10)8(3)16(13,14)5-15(4,11)12/h5H2,1-4H3,(H,9,10). The van der Waals surface area contributed by atoms with Gasteiger partial charge in [0.05, 0.1) is 0 Å². The highest BCUT2D eigenvalue weighted by atomic mass is 32.3. The number of carboxylic acids is 1. The third-order valence-electron chi connectivity index (χ3n) is 2.09. The second-order valence-corrected chi connectivity index (χ2v) is 8.49. The van der Waals surface area contributed by atoms with E-state index >= 15 is 0 Å². The van der Waals surface area contributed by atoms with E-state index < -0.39 is 36.5 Å².